The molecule has 1 aromatic carbocycles. The Balaban J connectivity index is 2.48. The van der Waals surface area contributed by atoms with E-state index >= 15 is 0 Å². The lowest BCUT2D eigenvalue weighted by atomic mass is 10.1. The van der Waals surface area contributed by atoms with Crippen molar-refractivity contribution < 1.29 is 4.74 Å². The molecule has 72 valence electrons. The molecule has 0 amide bonds. The molecule has 0 saturated heterocycles. The normalized spacial score (nSPS) is 10.3. The first kappa shape index (κ1) is 10.3. The molecule has 0 fully saturated rings. The Morgan fingerprint density at radius 1 is 1.00 bits per heavy atom. The summed E-state index contributed by atoms with van der Waals surface area (Å²) >= 11 is 0. The molecular weight excluding hydrogens is 160 g/mol. The molecule has 0 saturated carbocycles. The van der Waals surface area contributed by atoms with Gasteiger partial charge in [0.15, 0.2) is 0 Å². The van der Waals surface area contributed by atoms with E-state index in [1.807, 2.05) is 6.92 Å². The number of rotatable bonds is 5. The lowest BCUT2D eigenvalue weighted by molar-refractivity contribution is 0.134. The maximum atomic E-state index is 5.32. The van der Waals surface area contributed by atoms with Gasteiger partial charge in [0.05, 0.1) is 6.61 Å². The smallest absolute Gasteiger partial charge is 0.0716 e. The Morgan fingerprint density at radius 3 is 2.15 bits per heavy atom. The second-order valence-corrected chi connectivity index (χ2v) is 3.20. The van der Waals surface area contributed by atoms with Crippen molar-refractivity contribution in [2.24, 2.45) is 0 Å². The minimum Gasteiger partial charge on any atom is -0.377 e. The Morgan fingerprint density at radius 2 is 1.62 bits per heavy atom. The SMILES string of the molecule is CCCc1ccc(COCC)cc1. The van der Waals surface area contributed by atoms with Crippen LogP contribution in [-0.4, -0.2) is 6.61 Å². The topological polar surface area (TPSA) is 9.23 Å². The van der Waals surface area contributed by atoms with Gasteiger partial charge in [-0.15, -0.1) is 0 Å². The van der Waals surface area contributed by atoms with Gasteiger partial charge in [-0.05, 0) is 24.5 Å². The fourth-order valence-electron chi connectivity index (χ4n) is 1.31. The average Bonchev–Trinajstić information content (AvgIpc) is 2.17. The minimum atomic E-state index is 0.739. The van der Waals surface area contributed by atoms with E-state index in [0.717, 1.165) is 13.2 Å². The van der Waals surface area contributed by atoms with Crippen molar-refractivity contribution in [1.29, 1.82) is 0 Å². The summed E-state index contributed by atoms with van der Waals surface area (Å²) in [6.45, 7) is 5.75. The number of ether oxygens (including phenoxy) is 1. The fraction of sp³-hybridized carbons (Fsp3) is 0.500. The molecule has 0 bridgehead atoms. The first-order chi connectivity index (χ1) is 6.36. The summed E-state index contributed by atoms with van der Waals surface area (Å²) in [6, 6.07) is 8.69. The van der Waals surface area contributed by atoms with Crippen molar-refractivity contribution in [2.75, 3.05) is 6.61 Å². The summed E-state index contributed by atoms with van der Waals surface area (Å²) in [5.74, 6) is 0. The highest BCUT2D eigenvalue weighted by atomic mass is 16.5. The third-order valence-electron chi connectivity index (χ3n) is 2.03. The van der Waals surface area contributed by atoms with Crippen LogP contribution >= 0.6 is 0 Å². The molecule has 0 radical (unpaired) electrons. The number of hydrogen-bond donors (Lipinski definition) is 0. The molecule has 0 aliphatic heterocycles. The van der Waals surface area contributed by atoms with Crippen LogP contribution in [0.5, 0.6) is 0 Å². The highest BCUT2D eigenvalue weighted by molar-refractivity contribution is 5.21. The fourth-order valence-corrected chi connectivity index (χ4v) is 1.31. The van der Waals surface area contributed by atoms with Gasteiger partial charge >= 0.3 is 0 Å². The van der Waals surface area contributed by atoms with Crippen LogP contribution in [0, 0.1) is 0 Å². The van der Waals surface area contributed by atoms with Crippen LogP contribution in [0.3, 0.4) is 0 Å². The van der Waals surface area contributed by atoms with Gasteiger partial charge in [0.25, 0.3) is 0 Å². The molecule has 0 N–H and O–H groups in total. The maximum Gasteiger partial charge on any atom is 0.0716 e. The van der Waals surface area contributed by atoms with Gasteiger partial charge in [-0.1, -0.05) is 37.6 Å². The predicted octanol–water partition coefficient (Wildman–Crippen LogP) is 3.18. The first-order valence-corrected chi connectivity index (χ1v) is 5.02. The highest BCUT2D eigenvalue weighted by Gasteiger charge is 1.93. The highest BCUT2D eigenvalue weighted by Crippen LogP contribution is 2.07. The molecule has 0 aromatic heterocycles. The Kier molecular flexibility index (Phi) is 4.55. The van der Waals surface area contributed by atoms with Crippen LogP contribution in [0.25, 0.3) is 0 Å². The van der Waals surface area contributed by atoms with Crippen molar-refractivity contribution >= 4 is 0 Å². The molecule has 1 aromatic rings. The van der Waals surface area contributed by atoms with Crippen LogP contribution in [0.2, 0.25) is 0 Å². The summed E-state index contributed by atoms with van der Waals surface area (Å²) in [5, 5.41) is 0. The summed E-state index contributed by atoms with van der Waals surface area (Å²) in [7, 11) is 0. The van der Waals surface area contributed by atoms with E-state index in [0.29, 0.717) is 0 Å². The average molecular weight is 178 g/mol. The third kappa shape index (κ3) is 3.60. The number of benzene rings is 1. The maximum absolute atomic E-state index is 5.32. The van der Waals surface area contributed by atoms with Crippen LogP contribution < -0.4 is 0 Å². The van der Waals surface area contributed by atoms with Gasteiger partial charge in [-0.3, -0.25) is 0 Å². The van der Waals surface area contributed by atoms with Gasteiger partial charge in [-0.2, -0.15) is 0 Å². The standard InChI is InChI=1S/C12H18O/c1-3-5-11-6-8-12(9-7-11)10-13-4-2/h6-9H,3-5,10H2,1-2H3. The van der Waals surface area contributed by atoms with Crippen molar-refractivity contribution in [3.63, 3.8) is 0 Å². The van der Waals surface area contributed by atoms with Gasteiger partial charge in [-0.25, -0.2) is 0 Å². The zero-order valence-electron chi connectivity index (χ0n) is 8.55. The first-order valence-electron chi connectivity index (χ1n) is 5.02. The third-order valence-corrected chi connectivity index (χ3v) is 2.03. The summed E-state index contributed by atoms with van der Waals surface area (Å²) in [6.07, 6.45) is 2.39. The molecule has 1 rings (SSSR count). The molecule has 1 heteroatoms. The van der Waals surface area contributed by atoms with Crippen LogP contribution in [0.15, 0.2) is 24.3 Å². The molecule has 0 unspecified atom stereocenters. The lowest BCUT2D eigenvalue weighted by Crippen LogP contribution is -1.92. The minimum absolute atomic E-state index is 0.739. The second-order valence-electron chi connectivity index (χ2n) is 3.20. The van der Waals surface area contributed by atoms with E-state index < -0.39 is 0 Å². The molecule has 1 nitrogen and oxygen atoms in total. The number of hydrogen-bond acceptors (Lipinski definition) is 1. The van der Waals surface area contributed by atoms with Crippen LogP contribution in [0.4, 0.5) is 0 Å². The molecule has 0 aliphatic carbocycles. The summed E-state index contributed by atoms with van der Waals surface area (Å²) < 4.78 is 5.32. The van der Waals surface area contributed by atoms with Gasteiger partial charge < -0.3 is 4.74 Å². The van der Waals surface area contributed by atoms with Crippen molar-refractivity contribution in [3.05, 3.63) is 35.4 Å². The van der Waals surface area contributed by atoms with E-state index in [4.69, 9.17) is 4.74 Å². The van der Waals surface area contributed by atoms with Crippen molar-refractivity contribution in [3.8, 4) is 0 Å². The molecule has 13 heavy (non-hydrogen) atoms. The van der Waals surface area contributed by atoms with Gasteiger partial charge in [0.1, 0.15) is 0 Å². The van der Waals surface area contributed by atoms with Crippen LogP contribution in [-0.2, 0) is 17.8 Å². The van der Waals surface area contributed by atoms with Crippen LogP contribution in [0.1, 0.15) is 31.4 Å². The number of aryl methyl sites for hydroxylation is 1. The summed E-state index contributed by atoms with van der Waals surface area (Å²) in [4.78, 5) is 0. The second kappa shape index (κ2) is 5.76. The largest absolute Gasteiger partial charge is 0.377 e. The zero-order chi connectivity index (χ0) is 9.52. The van der Waals surface area contributed by atoms with E-state index in [2.05, 4.69) is 31.2 Å². The molecule has 0 spiro atoms. The van der Waals surface area contributed by atoms with Crippen molar-refractivity contribution in [1.82, 2.24) is 0 Å². The van der Waals surface area contributed by atoms with E-state index in [1.165, 1.54) is 24.0 Å². The molecule has 0 atom stereocenters. The Hall–Kier alpha value is -0.820. The summed E-state index contributed by atoms with van der Waals surface area (Å²) in [5.41, 5.74) is 2.68. The van der Waals surface area contributed by atoms with Crippen molar-refractivity contribution in [2.45, 2.75) is 33.3 Å². The Bertz CT molecular complexity index is 225. The molecular formula is C12H18O. The lowest BCUT2D eigenvalue weighted by Gasteiger charge is -2.03. The van der Waals surface area contributed by atoms with E-state index in [-0.39, 0.29) is 0 Å². The van der Waals surface area contributed by atoms with E-state index in [1.54, 1.807) is 0 Å². The van der Waals surface area contributed by atoms with Gasteiger partial charge in [0.2, 0.25) is 0 Å². The molecule has 0 heterocycles. The zero-order valence-corrected chi connectivity index (χ0v) is 8.55. The monoisotopic (exact) mass is 178 g/mol. The van der Waals surface area contributed by atoms with Gasteiger partial charge in [0, 0.05) is 6.61 Å². The van der Waals surface area contributed by atoms with E-state index in [9.17, 15) is 0 Å². The quantitative estimate of drug-likeness (QED) is 0.673. The Labute approximate surface area is 80.7 Å². The predicted molar refractivity (Wildman–Crippen MR) is 55.8 cm³/mol. The molecule has 0 aliphatic rings.